The normalized spacial score (nSPS) is 18.6. The topological polar surface area (TPSA) is 47.9 Å². The van der Waals surface area contributed by atoms with Crippen molar-refractivity contribution in [2.45, 2.75) is 25.0 Å². The molecule has 0 amide bonds. The molecule has 0 saturated carbocycles. The molecule has 0 aromatic heterocycles. The van der Waals surface area contributed by atoms with Crippen molar-refractivity contribution in [2.75, 3.05) is 26.9 Å². The quantitative estimate of drug-likeness (QED) is 0.869. The molecule has 1 aliphatic rings. The molecule has 1 aliphatic heterocycles. The summed E-state index contributed by atoms with van der Waals surface area (Å²) in [5.74, 6) is 0.753. The average molecular weight is 252 g/mol. The van der Waals surface area contributed by atoms with Crippen molar-refractivity contribution >= 4 is 0 Å². The second-order valence-corrected chi connectivity index (χ2v) is 4.36. The summed E-state index contributed by atoms with van der Waals surface area (Å²) in [7, 11) is 1.63. The maximum Gasteiger partial charge on any atom is 0.124 e. The number of rotatable bonds is 5. The Balaban J connectivity index is 2.07. The van der Waals surface area contributed by atoms with Gasteiger partial charge in [0.2, 0.25) is 0 Å². The van der Waals surface area contributed by atoms with Crippen molar-refractivity contribution in [3.63, 3.8) is 0 Å². The van der Waals surface area contributed by atoms with Gasteiger partial charge in [-0.25, -0.2) is 0 Å². The first-order valence-electron chi connectivity index (χ1n) is 6.32. The van der Waals surface area contributed by atoms with Crippen LogP contribution in [0.1, 0.15) is 24.5 Å². The lowest BCUT2D eigenvalue weighted by atomic mass is 10.1. The highest BCUT2D eigenvalue weighted by Gasteiger charge is 2.22. The fraction of sp³-hybridized carbons (Fsp3) is 0.571. The zero-order valence-corrected chi connectivity index (χ0v) is 10.7. The van der Waals surface area contributed by atoms with Crippen LogP contribution in [0, 0.1) is 0 Å². The molecule has 1 aromatic carbocycles. The largest absolute Gasteiger partial charge is 0.496 e. The Morgan fingerprint density at radius 3 is 2.72 bits per heavy atom. The number of para-hydroxylation sites is 1. The van der Waals surface area contributed by atoms with Crippen molar-refractivity contribution in [3.05, 3.63) is 29.8 Å². The molecule has 0 spiro atoms. The number of hydrogen-bond acceptors (Lipinski definition) is 4. The number of aliphatic hydroxyl groups is 1. The zero-order chi connectivity index (χ0) is 12.8. The van der Waals surface area contributed by atoms with Crippen molar-refractivity contribution in [3.8, 4) is 5.75 Å². The van der Waals surface area contributed by atoms with E-state index in [4.69, 9.17) is 14.2 Å². The molecular weight excluding hydrogens is 232 g/mol. The van der Waals surface area contributed by atoms with E-state index >= 15 is 0 Å². The third kappa shape index (κ3) is 3.22. The molecule has 1 heterocycles. The fourth-order valence-corrected chi connectivity index (χ4v) is 2.19. The summed E-state index contributed by atoms with van der Waals surface area (Å²) < 4.78 is 16.6. The standard InChI is InChI=1S/C14H20O4/c1-16-13-5-3-2-4-12(13)14(10-15)18-11-6-8-17-9-7-11/h2-5,11,14-15H,6-10H2,1H3. The first-order valence-corrected chi connectivity index (χ1v) is 6.32. The van der Waals surface area contributed by atoms with Crippen LogP contribution >= 0.6 is 0 Å². The van der Waals surface area contributed by atoms with Crippen LogP contribution < -0.4 is 4.74 Å². The number of benzene rings is 1. The second kappa shape index (κ2) is 6.73. The molecule has 0 aliphatic carbocycles. The SMILES string of the molecule is COc1ccccc1C(CO)OC1CCOCC1. The van der Waals surface area contributed by atoms with E-state index in [1.54, 1.807) is 7.11 Å². The third-order valence-electron chi connectivity index (χ3n) is 3.18. The molecule has 1 saturated heterocycles. The van der Waals surface area contributed by atoms with Crippen molar-refractivity contribution in [1.82, 2.24) is 0 Å². The van der Waals surface area contributed by atoms with Gasteiger partial charge in [0.1, 0.15) is 11.9 Å². The average Bonchev–Trinajstić information content (AvgIpc) is 2.46. The summed E-state index contributed by atoms with van der Waals surface area (Å²) in [6.07, 6.45) is 1.59. The highest BCUT2D eigenvalue weighted by atomic mass is 16.5. The van der Waals surface area contributed by atoms with E-state index in [0.29, 0.717) is 0 Å². The Hall–Kier alpha value is -1.10. The monoisotopic (exact) mass is 252 g/mol. The second-order valence-electron chi connectivity index (χ2n) is 4.36. The van der Waals surface area contributed by atoms with Gasteiger partial charge >= 0.3 is 0 Å². The lowest BCUT2D eigenvalue weighted by Crippen LogP contribution is -2.26. The van der Waals surface area contributed by atoms with Crippen molar-refractivity contribution < 1.29 is 19.3 Å². The van der Waals surface area contributed by atoms with Gasteiger partial charge in [0.15, 0.2) is 0 Å². The Kier molecular flexibility index (Phi) is 4.99. The van der Waals surface area contributed by atoms with Gasteiger partial charge < -0.3 is 19.3 Å². The van der Waals surface area contributed by atoms with Crippen LogP contribution in [0.25, 0.3) is 0 Å². The summed E-state index contributed by atoms with van der Waals surface area (Å²) in [5, 5.41) is 9.52. The molecule has 18 heavy (non-hydrogen) atoms. The summed E-state index contributed by atoms with van der Waals surface area (Å²) >= 11 is 0. The van der Waals surface area contributed by atoms with Gasteiger partial charge in [-0.15, -0.1) is 0 Å². The lowest BCUT2D eigenvalue weighted by molar-refractivity contribution is -0.0853. The van der Waals surface area contributed by atoms with Crippen LogP contribution in [-0.4, -0.2) is 38.1 Å². The summed E-state index contributed by atoms with van der Waals surface area (Å²) in [4.78, 5) is 0. The predicted molar refractivity (Wildman–Crippen MR) is 67.7 cm³/mol. The van der Waals surface area contributed by atoms with Crippen LogP contribution in [-0.2, 0) is 9.47 Å². The first-order chi connectivity index (χ1) is 8.85. The van der Waals surface area contributed by atoms with Gasteiger partial charge in [0, 0.05) is 18.8 Å². The lowest BCUT2D eigenvalue weighted by Gasteiger charge is -2.27. The molecule has 1 atom stereocenters. The summed E-state index contributed by atoms with van der Waals surface area (Å²) in [5.41, 5.74) is 0.897. The van der Waals surface area contributed by atoms with E-state index in [0.717, 1.165) is 37.4 Å². The van der Waals surface area contributed by atoms with E-state index in [2.05, 4.69) is 0 Å². The van der Waals surface area contributed by atoms with Gasteiger partial charge in [-0.2, -0.15) is 0 Å². The van der Waals surface area contributed by atoms with E-state index < -0.39 is 0 Å². The van der Waals surface area contributed by atoms with Gasteiger partial charge in [-0.1, -0.05) is 18.2 Å². The molecular formula is C14H20O4. The van der Waals surface area contributed by atoms with Gasteiger partial charge in [-0.05, 0) is 18.9 Å². The van der Waals surface area contributed by atoms with Crippen molar-refractivity contribution in [2.24, 2.45) is 0 Å². The van der Waals surface area contributed by atoms with E-state index in [1.807, 2.05) is 24.3 Å². The molecule has 0 bridgehead atoms. The minimum Gasteiger partial charge on any atom is -0.496 e. The summed E-state index contributed by atoms with van der Waals surface area (Å²) in [6, 6.07) is 7.64. The van der Waals surface area contributed by atoms with Crippen LogP contribution in [0.5, 0.6) is 5.75 Å². The highest BCUT2D eigenvalue weighted by molar-refractivity contribution is 5.35. The van der Waals surface area contributed by atoms with E-state index in [-0.39, 0.29) is 18.8 Å². The Bertz CT molecular complexity index is 361. The number of ether oxygens (including phenoxy) is 3. The maximum absolute atomic E-state index is 9.52. The minimum absolute atomic E-state index is 0.0439. The molecule has 1 unspecified atom stereocenters. The van der Waals surface area contributed by atoms with Gasteiger partial charge in [0.25, 0.3) is 0 Å². The predicted octanol–water partition coefficient (Wildman–Crippen LogP) is 1.92. The molecule has 2 rings (SSSR count). The first kappa shape index (κ1) is 13.3. The highest BCUT2D eigenvalue weighted by Crippen LogP contribution is 2.29. The Labute approximate surface area is 107 Å². The smallest absolute Gasteiger partial charge is 0.124 e. The van der Waals surface area contributed by atoms with Crippen molar-refractivity contribution in [1.29, 1.82) is 0 Å². The van der Waals surface area contributed by atoms with Gasteiger partial charge in [0.05, 0.1) is 19.8 Å². The van der Waals surface area contributed by atoms with Crippen LogP contribution in [0.3, 0.4) is 0 Å². The molecule has 100 valence electrons. The zero-order valence-electron chi connectivity index (χ0n) is 10.7. The van der Waals surface area contributed by atoms with Crippen LogP contribution in [0.2, 0.25) is 0 Å². The number of methoxy groups -OCH3 is 1. The molecule has 1 N–H and O–H groups in total. The summed E-state index contributed by atoms with van der Waals surface area (Å²) in [6.45, 7) is 1.42. The number of aliphatic hydroxyl groups excluding tert-OH is 1. The minimum atomic E-state index is -0.329. The van der Waals surface area contributed by atoms with E-state index in [1.165, 1.54) is 0 Å². The van der Waals surface area contributed by atoms with Gasteiger partial charge in [-0.3, -0.25) is 0 Å². The molecule has 4 heteroatoms. The molecule has 1 aromatic rings. The maximum atomic E-state index is 9.52. The van der Waals surface area contributed by atoms with E-state index in [9.17, 15) is 5.11 Å². The molecule has 0 radical (unpaired) electrons. The third-order valence-corrected chi connectivity index (χ3v) is 3.18. The Morgan fingerprint density at radius 1 is 1.33 bits per heavy atom. The fourth-order valence-electron chi connectivity index (χ4n) is 2.19. The van der Waals surface area contributed by atoms with Crippen LogP contribution in [0.15, 0.2) is 24.3 Å². The molecule has 4 nitrogen and oxygen atoms in total. The number of hydrogen-bond donors (Lipinski definition) is 1. The Morgan fingerprint density at radius 2 is 2.06 bits per heavy atom. The van der Waals surface area contributed by atoms with Crippen LogP contribution in [0.4, 0.5) is 0 Å². The molecule has 1 fully saturated rings.